The van der Waals surface area contributed by atoms with Gasteiger partial charge in [0.2, 0.25) is 17.7 Å². The van der Waals surface area contributed by atoms with Crippen LogP contribution in [0, 0.1) is 5.92 Å². The molecule has 1 aliphatic carbocycles. The molecule has 2 N–H and O–H groups in total. The third kappa shape index (κ3) is 5.37. The third-order valence-corrected chi connectivity index (χ3v) is 8.83. The Morgan fingerprint density at radius 3 is 2.48 bits per heavy atom. The Morgan fingerprint density at radius 2 is 1.81 bits per heavy atom. The van der Waals surface area contributed by atoms with Crippen molar-refractivity contribution in [3.05, 3.63) is 90.3 Å². The maximum atomic E-state index is 13.6. The van der Waals surface area contributed by atoms with Crippen LogP contribution in [0.5, 0.6) is 5.88 Å². The predicted molar refractivity (Wildman–Crippen MR) is 159 cm³/mol. The highest BCUT2D eigenvalue weighted by Crippen LogP contribution is 2.45. The lowest BCUT2D eigenvalue weighted by molar-refractivity contribution is -0.145. The molecular formula is C32H30N4O5S. The van der Waals surface area contributed by atoms with Gasteiger partial charge in [0.15, 0.2) is 0 Å². The molecule has 2 aromatic carbocycles. The number of para-hydroxylation sites is 2. The van der Waals surface area contributed by atoms with Crippen LogP contribution in [0.2, 0.25) is 0 Å². The molecule has 2 aliphatic rings. The van der Waals surface area contributed by atoms with Crippen molar-refractivity contribution >= 4 is 40.2 Å². The fourth-order valence-corrected chi connectivity index (χ4v) is 6.27. The number of nitrogens with zero attached hydrogens (tertiary/aromatic N) is 3. The topological polar surface area (TPSA) is 122 Å². The molecule has 0 unspecified atom stereocenters. The van der Waals surface area contributed by atoms with E-state index in [1.54, 1.807) is 6.08 Å². The largest absolute Gasteiger partial charge is 0.479 e. The van der Waals surface area contributed by atoms with E-state index in [0.717, 1.165) is 16.0 Å². The van der Waals surface area contributed by atoms with E-state index in [4.69, 9.17) is 14.7 Å². The van der Waals surface area contributed by atoms with Crippen molar-refractivity contribution in [1.82, 2.24) is 20.2 Å². The van der Waals surface area contributed by atoms with E-state index >= 15 is 0 Å². The molecule has 2 aromatic heterocycles. The van der Waals surface area contributed by atoms with Gasteiger partial charge in [0, 0.05) is 18.8 Å². The van der Waals surface area contributed by atoms with Gasteiger partial charge in [0.25, 0.3) is 0 Å². The summed E-state index contributed by atoms with van der Waals surface area (Å²) in [5.74, 6) is -1.86. The highest BCUT2D eigenvalue weighted by molar-refractivity contribution is 7.13. The van der Waals surface area contributed by atoms with Crippen LogP contribution in [0.4, 0.5) is 0 Å². The van der Waals surface area contributed by atoms with Gasteiger partial charge >= 0.3 is 5.97 Å². The minimum atomic E-state index is -1.40. The Bertz CT molecular complexity index is 1640. The van der Waals surface area contributed by atoms with Crippen LogP contribution in [0.15, 0.2) is 84.8 Å². The molecular weight excluding hydrogens is 552 g/mol. The Morgan fingerprint density at radius 1 is 1.07 bits per heavy atom. The minimum absolute atomic E-state index is 0.162. The SMILES string of the molecule is C=C[C@@H]1C[C@]1(NC(=O)[C@@H]1C[C@@H](Oc2nc3ccccc3nc2-c2cccs2)CN1C(=O)CCc1ccccc1)C(=O)O. The summed E-state index contributed by atoms with van der Waals surface area (Å²) in [6, 6.07) is 20.2. The number of fused-ring (bicyclic) bond motifs is 1. The van der Waals surface area contributed by atoms with E-state index in [0.29, 0.717) is 23.5 Å². The maximum Gasteiger partial charge on any atom is 0.330 e. The molecule has 0 radical (unpaired) electrons. The third-order valence-electron chi connectivity index (χ3n) is 7.95. The first kappa shape index (κ1) is 27.6. The molecule has 1 aliphatic heterocycles. The van der Waals surface area contributed by atoms with E-state index in [2.05, 4.69) is 11.9 Å². The van der Waals surface area contributed by atoms with Gasteiger partial charge < -0.3 is 20.1 Å². The second-order valence-electron chi connectivity index (χ2n) is 10.7. The number of ether oxygens (including phenoxy) is 1. The molecule has 1 saturated carbocycles. The molecule has 2 fully saturated rings. The average molecular weight is 583 g/mol. The summed E-state index contributed by atoms with van der Waals surface area (Å²) in [4.78, 5) is 51.2. The van der Waals surface area contributed by atoms with Crippen molar-refractivity contribution in [2.75, 3.05) is 6.54 Å². The zero-order chi connectivity index (χ0) is 29.3. The van der Waals surface area contributed by atoms with Crippen molar-refractivity contribution in [1.29, 1.82) is 0 Å². The number of nitrogens with one attached hydrogen (secondary N) is 1. The monoisotopic (exact) mass is 582 g/mol. The van der Waals surface area contributed by atoms with Crippen molar-refractivity contribution in [2.24, 2.45) is 5.92 Å². The number of carboxylic acids is 1. The van der Waals surface area contributed by atoms with Crippen molar-refractivity contribution in [3.63, 3.8) is 0 Å². The van der Waals surface area contributed by atoms with Gasteiger partial charge in [-0.15, -0.1) is 17.9 Å². The lowest BCUT2D eigenvalue weighted by Crippen LogP contribution is -2.53. The highest BCUT2D eigenvalue weighted by Gasteiger charge is 2.61. The Labute approximate surface area is 246 Å². The highest BCUT2D eigenvalue weighted by atomic mass is 32.1. The Hall–Kier alpha value is -4.57. The van der Waals surface area contributed by atoms with Gasteiger partial charge in [0.1, 0.15) is 23.4 Å². The van der Waals surface area contributed by atoms with Crippen LogP contribution in [0.25, 0.3) is 21.6 Å². The summed E-state index contributed by atoms with van der Waals surface area (Å²) >= 11 is 1.52. The zero-order valence-corrected chi connectivity index (χ0v) is 23.6. The van der Waals surface area contributed by atoms with Crippen LogP contribution in [-0.4, -0.2) is 62.0 Å². The summed E-state index contributed by atoms with van der Waals surface area (Å²) in [6.07, 6.45) is 2.18. The van der Waals surface area contributed by atoms with Gasteiger partial charge in [-0.05, 0) is 42.0 Å². The van der Waals surface area contributed by atoms with Crippen molar-refractivity contribution in [2.45, 2.75) is 43.4 Å². The number of likely N-dealkylation sites (tertiary alicyclic amines) is 1. The molecule has 3 heterocycles. The van der Waals surface area contributed by atoms with Gasteiger partial charge in [-0.3, -0.25) is 9.59 Å². The average Bonchev–Trinajstić information content (AvgIpc) is 3.30. The van der Waals surface area contributed by atoms with Gasteiger partial charge in [0.05, 0.1) is 22.5 Å². The van der Waals surface area contributed by atoms with Gasteiger partial charge in [-0.1, -0.05) is 54.6 Å². The predicted octanol–water partition coefficient (Wildman–Crippen LogP) is 4.48. The van der Waals surface area contributed by atoms with Crippen LogP contribution in [0.3, 0.4) is 0 Å². The standard InChI is InChI=1S/C32H30N4O5S/c1-2-21-18-32(21,31(39)40)35-29(38)25-17-22(19-36(25)27(37)15-14-20-9-4-3-5-10-20)41-30-28(26-13-8-16-42-26)33-23-11-6-7-12-24(23)34-30/h2-13,16,21-22,25H,1,14-15,17-19H2,(H,35,38)(H,39,40)/t21-,22-,25+,32-/m1/s1. The zero-order valence-electron chi connectivity index (χ0n) is 22.8. The number of hydrogen-bond donors (Lipinski definition) is 2. The molecule has 1 saturated heterocycles. The molecule has 42 heavy (non-hydrogen) atoms. The van der Waals surface area contributed by atoms with E-state index in [1.807, 2.05) is 72.1 Å². The second-order valence-corrected chi connectivity index (χ2v) is 11.6. The molecule has 10 heteroatoms. The number of carboxylic acid groups (broad SMARTS) is 1. The number of benzene rings is 2. The maximum absolute atomic E-state index is 13.6. The van der Waals surface area contributed by atoms with Crippen LogP contribution >= 0.6 is 11.3 Å². The fourth-order valence-electron chi connectivity index (χ4n) is 5.56. The number of amides is 2. The first-order chi connectivity index (χ1) is 20.4. The molecule has 214 valence electrons. The Kier molecular flexibility index (Phi) is 7.47. The number of carbonyl (C=O) groups excluding carboxylic acids is 2. The number of thiophene rings is 1. The number of aliphatic carboxylic acids is 1. The first-order valence-corrected chi connectivity index (χ1v) is 14.7. The van der Waals surface area contributed by atoms with E-state index in [9.17, 15) is 19.5 Å². The van der Waals surface area contributed by atoms with Crippen LogP contribution < -0.4 is 10.1 Å². The van der Waals surface area contributed by atoms with E-state index in [1.165, 1.54) is 16.2 Å². The van der Waals surface area contributed by atoms with E-state index < -0.39 is 29.6 Å². The van der Waals surface area contributed by atoms with Gasteiger partial charge in [-0.25, -0.2) is 14.8 Å². The molecule has 0 spiro atoms. The van der Waals surface area contributed by atoms with Crippen molar-refractivity contribution in [3.8, 4) is 16.5 Å². The van der Waals surface area contributed by atoms with Gasteiger partial charge in [-0.2, -0.15) is 0 Å². The summed E-state index contributed by atoms with van der Waals surface area (Å²) in [7, 11) is 0. The molecule has 6 rings (SSSR count). The fraction of sp³-hybridized carbons (Fsp3) is 0.281. The summed E-state index contributed by atoms with van der Waals surface area (Å²) in [5, 5.41) is 14.5. The summed E-state index contributed by atoms with van der Waals surface area (Å²) in [6.45, 7) is 3.86. The normalized spacial score (nSPS) is 23.0. The molecule has 4 atom stereocenters. The molecule has 0 bridgehead atoms. The van der Waals surface area contributed by atoms with E-state index in [-0.39, 0.29) is 37.6 Å². The molecule has 4 aromatic rings. The second kappa shape index (κ2) is 11.4. The minimum Gasteiger partial charge on any atom is -0.479 e. The Balaban J connectivity index is 1.27. The number of aromatic nitrogens is 2. The lowest BCUT2D eigenvalue weighted by Gasteiger charge is -2.25. The smallest absolute Gasteiger partial charge is 0.330 e. The van der Waals surface area contributed by atoms with Crippen molar-refractivity contribution < 1.29 is 24.2 Å². The molecule has 9 nitrogen and oxygen atoms in total. The first-order valence-electron chi connectivity index (χ1n) is 13.9. The van der Waals surface area contributed by atoms with Crippen LogP contribution in [0.1, 0.15) is 24.8 Å². The number of hydrogen-bond acceptors (Lipinski definition) is 7. The number of carbonyl (C=O) groups is 3. The summed E-state index contributed by atoms with van der Waals surface area (Å²) in [5.41, 5.74) is 1.61. The lowest BCUT2D eigenvalue weighted by atomic mass is 10.1. The number of aryl methyl sites for hydroxylation is 1. The quantitative estimate of drug-likeness (QED) is 0.264. The molecule has 2 amide bonds. The van der Waals surface area contributed by atoms with Crippen LogP contribution in [-0.2, 0) is 20.8 Å². The summed E-state index contributed by atoms with van der Waals surface area (Å²) < 4.78 is 6.42. The number of rotatable bonds is 10.